The van der Waals surface area contributed by atoms with Crippen LogP contribution >= 0.6 is 0 Å². The Morgan fingerprint density at radius 3 is 2.75 bits per heavy atom. The highest BCUT2D eigenvalue weighted by Gasteiger charge is 2.20. The van der Waals surface area contributed by atoms with Crippen LogP contribution in [0.2, 0.25) is 0 Å². The van der Waals surface area contributed by atoms with Gasteiger partial charge in [-0.2, -0.15) is 0 Å². The molecule has 0 unspecified atom stereocenters. The molecule has 0 spiro atoms. The van der Waals surface area contributed by atoms with Gasteiger partial charge in [0.15, 0.2) is 0 Å². The number of pyridine rings is 1. The van der Waals surface area contributed by atoms with Crippen molar-refractivity contribution in [2.75, 3.05) is 32.2 Å². The zero-order valence-corrected chi connectivity index (χ0v) is 11.9. The maximum absolute atomic E-state index is 5.43. The van der Waals surface area contributed by atoms with Crippen molar-refractivity contribution in [3.63, 3.8) is 0 Å². The molecule has 1 aliphatic heterocycles. The summed E-state index contributed by atoms with van der Waals surface area (Å²) in [6.07, 6.45) is 4.25. The molecular weight excluding hydrogens is 252 g/mol. The average molecular weight is 271 g/mol. The number of piperidine rings is 1. The number of benzene rings is 1. The lowest BCUT2D eigenvalue weighted by molar-refractivity contribution is 0.0819. The van der Waals surface area contributed by atoms with Gasteiger partial charge in [-0.25, -0.2) is 0 Å². The zero-order chi connectivity index (χ0) is 13.9. The van der Waals surface area contributed by atoms with Crippen molar-refractivity contribution in [1.82, 2.24) is 4.98 Å². The van der Waals surface area contributed by atoms with Crippen LogP contribution in [0.25, 0.3) is 10.9 Å². The lowest BCUT2D eigenvalue weighted by atomic mass is 10.1. The maximum atomic E-state index is 5.43. The fourth-order valence-corrected chi connectivity index (χ4v) is 2.76. The van der Waals surface area contributed by atoms with E-state index in [1.165, 1.54) is 0 Å². The molecule has 1 aromatic heterocycles. The number of nitrogens with zero attached hydrogens (tertiary/aromatic N) is 2. The average Bonchev–Trinajstić information content (AvgIpc) is 2.54. The Morgan fingerprint density at radius 1 is 1.25 bits per heavy atom. The second-order valence-electron chi connectivity index (χ2n) is 5.06. The molecule has 1 aromatic carbocycles. The van der Waals surface area contributed by atoms with E-state index in [1.807, 2.05) is 18.2 Å². The summed E-state index contributed by atoms with van der Waals surface area (Å²) in [5, 5.41) is 1.10. The lowest BCUT2D eigenvalue weighted by Gasteiger charge is -2.33. The SMILES string of the molecule is COc1ccc2nc[c]c(N3CCC(OC)CC3)c2c1. The highest BCUT2D eigenvalue weighted by molar-refractivity contribution is 5.92. The summed E-state index contributed by atoms with van der Waals surface area (Å²) in [6.45, 7) is 1.98. The standard InChI is InChI=1S/C16H19N2O2/c1-19-12-6-9-18(10-7-12)16-5-8-17-15-4-3-13(20-2)11-14(15)16/h3-4,8,11-12H,6-7,9-10H2,1-2H3. The third kappa shape index (κ3) is 2.43. The molecule has 3 rings (SSSR count). The molecule has 2 heterocycles. The van der Waals surface area contributed by atoms with Crippen LogP contribution in [0.15, 0.2) is 24.4 Å². The summed E-state index contributed by atoms with van der Waals surface area (Å²) in [6, 6.07) is 9.26. The summed E-state index contributed by atoms with van der Waals surface area (Å²) in [4.78, 5) is 6.74. The summed E-state index contributed by atoms with van der Waals surface area (Å²) in [5.41, 5.74) is 2.09. The third-order valence-corrected chi connectivity index (χ3v) is 3.96. The molecule has 1 radical (unpaired) electrons. The van der Waals surface area contributed by atoms with E-state index in [-0.39, 0.29) is 0 Å². The van der Waals surface area contributed by atoms with Gasteiger partial charge in [0, 0.05) is 37.8 Å². The molecule has 0 N–H and O–H groups in total. The minimum Gasteiger partial charge on any atom is -0.497 e. The number of aromatic nitrogens is 1. The Kier molecular flexibility index (Phi) is 3.74. The molecule has 4 heteroatoms. The second kappa shape index (κ2) is 5.67. The van der Waals surface area contributed by atoms with Crippen LogP contribution in [0.4, 0.5) is 5.69 Å². The predicted octanol–water partition coefficient (Wildman–Crippen LogP) is 2.66. The first-order valence-corrected chi connectivity index (χ1v) is 6.94. The van der Waals surface area contributed by atoms with E-state index in [0.29, 0.717) is 6.10 Å². The van der Waals surface area contributed by atoms with Gasteiger partial charge >= 0.3 is 0 Å². The van der Waals surface area contributed by atoms with Gasteiger partial charge in [0.05, 0.1) is 24.4 Å². The molecule has 1 fully saturated rings. The number of rotatable bonds is 3. The van der Waals surface area contributed by atoms with E-state index in [4.69, 9.17) is 9.47 Å². The van der Waals surface area contributed by atoms with Crippen molar-refractivity contribution in [2.45, 2.75) is 18.9 Å². The van der Waals surface area contributed by atoms with Crippen molar-refractivity contribution in [1.29, 1.82) is 0 Å². The molecule has 105 valence electrons. The Labute approximate surface area is 119 Å². The van der Waals surface area contributed by atoms with Crippen molar-refractivity contribution < 1.29 is 9.47 Å². The Hall–Kier alpha value is -1.81. The number of methoxy groups -OCH3 is 2. The Balaban J connectivity index is 1.94. The monoisotopic (exact) mass is 271 g/mol. The first-order chi connectivity index (χ1) is 9.81. The van der Waals surface area contributed by atoms with Crippen molar-refractivity contribution >= 4 is 16.6 Å². The molecule has 0 amide bonds. The predicted molar refractivity (Wildman–Crippen MR) is 79.4 cm³/mol. The van der Waals surface area contributed by atoms with Crippen LogP contribution < -0.4 is 9.64 Å². The zero-order valence-electron chi connectivity index (χ0n) is 11.9. The normalized spacial score (nSPS) is 16.6. The second-order valence-corrected chi connectivity index (χ2v) is 5.06. The Bertz CT molecular complexity index is 592. The molecule has 0 saturated carbocycles. The van der Waals surface area contributed by atoms with Gasteiger partial charge in [0.1, 0.15) is 5.75 Å². The van der Waals surface area contributed by atoms with Crippen LogP contribution in [0.1, 0.15) is 12.8 Å². The molecule has 1 saturated heterocycles. The number of fused-ring (bicyclic) bond motifs is 1. The van der Waals surface area contributed by atoms with Gasteiger partial charge in [-0.1, -0.05) is 0 Å². The molecular formula is C16H19N2O2. The largest absolute Gasteiger partial charge is 0.497 e. The van der Waals surface area contributed by atoms with E-state index in [2.05, 4.69) is 16.0 Å². The summed E-state index contributed by atoms with van der Waals surface area (Å²) < 4.78 is 10.7. The molecule has 0 bridgehead atoms. The van der Waals surface area contributed by atoms with E-state index >= 15 is 0 Å². The van der Waals surface area contributed by atoms with Gasteiger partial charge in [-0.3, -0.25) is 4.98 Å². The number of hydrogen-bond donors (Lipinski definition) is 0. The van der Waals surface area contributed by atoms with Crippen LogP contribution in [-0.4, -0.2) is 38.4 Å². The molecule has 0 aliphatic carbocycles. The fraction of sp³-hybridized carbons (Fsp3) is 0.438. The minimum atomic E-state index is 0.383. The van der Waals surface area contributed by atoms with Crippen LogP contribution in [0.5, 0.6) is 5.75 Å². The van der Waals surface area contributed by atoms with Gasteiger partial charge in [0.2, 0.25) is 0 Å². The molecule has 1 aliphatic rings. The van der Waals surface area contributed by atoms with E-state index in [0.717, 1.165) is 48.3 Å². The van der Waals surface area contributed by atoms with E-state index in [1.54, 1.807) is 20.4 Å². The summed E-state index contributed by atoms with van der Waals surface area (Å²) >= 11 is 0. The topological polar surface area (TPSA) is 34.6 Å². The van der Waals surface area contributed by atoms with Gasteiger partial charge in [-0.15, -0.1) is 0 Å². The Morgan fingerprint density at radius 2 is 2.05 bits per heavy atom. The summed E-state index contributed by atoms with van der Waals surface area (Å²) in [7, 11) is 3.48. The molecule has 0 atom stereocenters. The number of ether oxygens (including phenoxy) is 2. The highest BCUT2D eigenvalue weighted by atomic mass is 16.5. The highest BCUT2D eigenvalue weighted by Crippen LogP contribution is 2.30. The van der Waals surface area contributed by atoms with Crippen molar-refractivity contribution in [3.05, 3.63) is 30.5 Å². The van der Waals surface area contributed by atoms with Gasteiger partial charge in [-0.05, 0) is 31.0 Å². The number of anilines is 1. The quantitative estimate of drug-likeness (QED) is 0.859. The maximum Gasteiger partial charge on any atom is 0.119 e. The smallest absolute Gasteiger partial charge is 0.119 e. The van der Waals surface area contributed by atoms with Crippen molar-refractivity contribution in [2.24, 2.45) is 0 Å². The first-order valence-electron chi connectivity index (χ1n) is 6.94. The number of hydrogen-bond acceptors (Lipinski definition) is 4. The van der Waals surface area contributed by atoms with Gasteiger partial charge < -0.3 is 14.4 Å². The van der Waals surface area contributed by atoms with Crippen LogP contribution in [0, 0.1) is 6.07 Å². The van der Waals surface area contributed by atoms with Gasteiger partial charge in [0.25, 0.3) is 0 Å². The van der Waals surface area contributed by atoms with Crippen molar-refractivity contribution in [3.8, 4) is 5.75 Å². The first kappa shape index (κ1) is 13.2. The minimum absolute atomic E-state index is 0.383. The molecule has 2 aromatic rings. The fourth-order valence-electron chi connectivity index (χ4n) is 2.76. The van der Waals surface area contributed by atoms with Crippen LogP contribution in [0.3, 0.4) is 0 Å². The van der Waals surface area contributed by atoms with E-state index < -0.39 is 0 Å². The van der Waals surface area contributed by atoms with E-state index in [9.17, 15) is 0 Å². The van der Waals surface area contributed by atoms with Crippen LogP contribution in [-0.2, 0) is 4.74 Å². The molecule has 20 heavy (non-hydrogen) atoms. The third-order valence-electron chi connectivity index (χ3n) is 3.96. The lowest BCUT2D eigenvalue weighted by Crippen LogP contribution is -2.36. The molecule has 4 nitrogen and oxygen atoms in total. The summed E-state index contributed by atoms with van der Waals surface area (Å²) in [5.74, 6) is 0.854.